The molecule has 6 nitrogen and oxygen atoms in total. The van der Waals surface area contributed by atoms with Crippen molar-refractivity contribution in [3.63, 3.8) is 0 Å². The predicted octanol–water partition coefficient (Wildman–Crippen LogP) is 3.48. The SMILES string of the molecule is Cc1ccc(C(=O)NC(C(=O)Nc2cnc(C(C)(C)C)nc2)C(C)C)cc1. The Balaban J connectivity index is 2.08. The molecule has 1 aromatic carbocycles. The summed E-state index contributed by atoms with van der Waals surface area (Å²) in [6.45, 7) is 11.8. The van der Waals surface area contributed by atoms with Crippen LogP contribution in [0, 0.1) is 12.8 Å². The smallest absolute Gasteiger partial charge is 0.251 e. The number of hydrogen-bond donors (Lipinski definition) is 2. The Kier molecular flexibility index (Phi) is 6.31. The Morgan fingerprint density at radius 3 is 2.04 bits per heavy atom. The zero-order chi connectivity index (χ0) is 20.2. The number of carbonyl (C=O) groups excluding carboxylic acids is 2. The van der Waals surface area contributed by atoms with Gasteiger partial charge in [0, 0.05) is 11.0 Å². The summed E-state index contributed by atoms with van der Waals surface area (Å²) in [7, 11) is 0. The Bertz CT molecular complexity index is 790. The number of aromatic nitrogens is 2. The summed E-state index contributed by atoms with van der Waals surface area (Å²) in [4.78, 5) is 33.8. The van der Waals surface area contributed by atoms with Crippen molar-refractivity contribution in [3.05, 3.63) is 53.6 Å². The lowest BCUT2D eigenvalue weighted by molar-refractivity contribution is -0.118. The molecule has 2 amide bonds. The van der Waals surface area contributed by atoms with Crippen molar-refractivity contribution in [2.24, 2.45) is 5.92 Å². The van der Waals surface area contributed by atoms with Crippen molar-refractivity contribution in [2.45, 2.75) is 53.0 Å². The van der Waals surface area contributed by atoms with Gasteiger partial charge in [0.25, 0.3) is 5.91 Å². The van der Waals surface area contributed by atoms with Crippen molar-refractivity contribution in [2.75, 3.05) is 5.32 Å². The number of nitrogens with one attached hydrogen (secondary N) is 2. The van der Waals surface area contributed by atoms with E-state index in [1.165, 1.54) is 0 Å². The summed E-state index contributed by atoms with van der Waals surface area (Å²) in [5.41, 5.74) is 1.94. The fraction of sp³-hybridized carbons (Fsp3) is 0.429. The number of rotatable bonds is 5. The second-order valence-electron chi connectivity index (χ2n) is 8.10. The van der Waals surface area contributed by atoms with Crippen LogP contribution in [0.15, 0.2) is 36.7 Å². The van der Waals surface area contributed by atoms with Gasteiger partial charge in [0.1, 0.15) is 11.9 Å². The molecule has 0 saturated heterocycles. The molecular formula is C21H28N4O2. The molecule has 0 fully saturated rings. The molecule has 0 aliphatic carbocycles. The maximum Gasteiger partial charge on any atom is 0.251 e. The normalized spacial score (nSPS) is 12.6. The van der Waals surface area contributed by atoms with E-state index in [2.05, 4.69) is 20.6 Å². The average molecular weight is 368 g/mol. The van der Waals surface area contributed by atoms with Gasteiger partial charge in [-0.2, -0.15) is 0 Å². The Morgan fingerprint density at radius 2 is 1.56 bits per heavy atom. The molecule has 0 radical (unpaired) electrons. The number of nitrogens with zero attached hydrogens (tertiary/aromatic N) is 2. The van der Waals surface area contributed by atoms with Gasteiger partial charge in [-0.3, -0.25) is 9.59 Å². The lowest BCUT2D eigenvalue weighted by Gasteiger charge is -2.22. The van der Waals surface area contributed by atoms with Crippen LogP contribution in [-0.4, -0.2) is 27.8 Å². The second kappa shape index (κ2) is 8.29. The Morgan fingerprint density at radius 1 is 1.00 bits per heavy atom. The molecule has 0 spiro atoms. The third-order valence-corrected chi connectivity index (χ3v) is 4.14. The quantitative estimate of drug-likeness (QED) is 0.846. The highest BCUT2D eigenvalue weighted by atomic mass is 16.2. The van der Waals surface area contributed by atoms with Gasteiger partial charge < -0.3 is 10.6 Å². The third-order valence-electron chi connectivity index (χ3n) is 4.14. The van der Waals surface area contributed by atoms with Gasteiger partial charge in [0.05, 0.1) is 18.1 Å². The number of amides is 2. The van der Waals surface area contributed by atoms with Gasteiger partial charge in [0.15, 0.2) is 0 Å². The average Bonchev–Trinajstić information content (AvgIpc) is 2.59. The fourth-order valence-corrected chi connectivity index (χ4v) is 2.46. The molecule has 6 heteroatoms. The van der Waals surface area contributed by atoms with Gasteiger partial charge in [0.2, 0.25) is 5.91 Å². The number of hydrogen-bond acceptors (Lipinski definition) is 4. The van der Waals surface area contributed by atoms with E-state index in [1.807, 2.05) is 53.7 Å². The summed E-state index contributed by atoms with van der Waals surface area (Å²) in [6, 6.07) is 6.57. The van der Waals surface area contributed by atoms with Gasteiger partial charge in [-0.05, 0) is 25.0 Å². The van der Waals surface area contributed by atoms with Crippen LogP contribution in [0.4, 0.5) is 5.69 Å². The molecule has 0 aliphatic heterocycles. The maximum atomic E-state index is 12.7. The summed E-state index contributed by atoms with van der Waals surface area (Å²) in [5.74, 6) is 0.0588. The zero-order valence-electron chi connectivity index (χ0n) is 16.8. The predicted molar refractivity (Wildman–Crippen MR) is 107 cm³/mol. The monoisotopic (exact) mass is 368 g/mol. The molecule has 27 heavy (non-hydrogen) atoms. The Labute approximate surface area is 160 Å². The number of carbonyl (C=O) groups is 2. The van der Waals surface area contributed by atoms with Crippen molar-refractivity contribution < 1.29 is 9.59 Å². The molecule has 2 aromatic rings. The molecule has 144 valence electrons. The third kappa shape index (κ3) is 5.61. The van der Waals surface area contributed by atoms with Gasteiger partial charge in [-0.15, -0.1) is 0 Å². The van der Waals surface area contributed by atoms with Crippen molar-refractivity contribution >= 4 is 17.5 Å². The van der Waals surface area contributed by atoms with Crippen LogP contribution >= 0.6 is 0 Å². The van der Waals surface area contributed by atoms with Crippen LogP contribution < -0.4 is 10.6 Å². The molecule has 1 unspecified atom stereocenters. The Hall–Kier alpha value is -2.76. The number of benzene rings is 1. The topological polar surface area (TPSA) is 84.0 Å². The standard InChI is InChI=1S/C21H28N4O2/c1-13(2)17(25-18(26)15-9-7-14(3)8-10-15)19(27)24-16-11-22-20(23-12-16)21(4,5)6/h7-13,17H,1-6H3,(H,24,27)(H,25,26). The molecule has 1 atom stereocenters. The number of anilines is 1. The van der Waals surface area contributed by atoms with Crippen LogP contribution in [-0.2, 0) is 10.2 Å². The fourth-order valence-electron chi connectivity index (χ4n) is 2.46. The molecule has 1 heterocycles. The summed E-state index contributed by atoms with van der Waals surface area (Å²) in [5, 5.41) is 5.61. The minimum absolute atomic E-state index is 0.0748. The molecule has 2 N–H and O–H groups in total. The zero-order valence-corrected chi connectivity index (χ0v) is 16.8. The van der Waals surface area contributed by atoms with Gasteiger partial charge >= 0.3 is 0 Å². The summed E-state index contributed by atoms with van der Waals surface area (Å²) in [6.07, 6.45) is 3.18. The molecule has 1 aromatic heterocycles. The van der Waals surface area contributed by atoms with Gasteiger partial charge in [-0.25, -0.2) is 9.97 Å². The highest BCUT2D eigenvalue weighted by Crippen LogP contribution is 2.18. The second-order valence-corrected chi connectivity index (χ2v) is 8.10. The molecular weight excluding hydrogens is 340 g/mol. The van der Waals surface area contributed by atoms with Crippen molar-refractivity contribution in [1.29, 1.82) is 0 Å². The first kappa shape index (κ1) is 20.6. The lowest BCUT2D eigenvalue weighted by atomic mass is 9.96. The van der Waals surface area contributed by atoms with E-state index < -0.39 is 6.04 Å². The van der Waals surface area contributed by atoms with Crippen LogP contribution in [0.5, 0.6) is 0 Å². The first-order chi connectivity index (χ1) is 12.6. The van der Waals surface area contributed by atoms with Crippen molar-refractivity contribution in [1.82, 2.24) is 15.3 Å². The lowest BCUT2D eigenvalue weighted by Crippen LogP contribution is -2.47. The highest BCUT2D eigenvalue weighted by molar-refractivity contribution is 6.01. The van der Waals surface area contributed by atoms with E-state index in [1.54, 1.807) is 24.5 Å². The van der Waals surface area contributed by atoms with Gasteiger partial charge in [-0.1, -0.05) is 52.3 Å². The minimum Gasteiger partial charge on any atom is -0.340 e. The van der Waals surface area contributed by atoms with Crippen LogP contribution in [0.3, 0.4) is 0 Å². The molecule has 0 saturated carbocycles. The van der Waals surface area contributed by atoms with E-state index in [9.17, 15) is 9.59 Å². The number of aryl methyl sites for hydroxylation is 1. The summed E-state index contributed by atoms with van der Waals surface area (Å²) < 4.78 is 0. The largest absolute Gasteiger partial charge is 0.340 e. The first-order valence-electron chi connectivity index (χ1n) is 9.09. The highest BCUT2D eigenvalue weighted by Gasteiger charge is 2.25. The minimum atomic E-state index is -0.666. The first-order valence-corrected chi connectivity index (χ1v) is 9.09. The van der Waals surface area contributed by atoms with E-state index in [0.717, 1.165) is 5.56 Å². The van der Waals surface area contributed by atoms with Crippen LogP contribution in [0.1, 0.15) is 56.4 Å². The van der Waals surface area contributed by atoms with Crippen LogP contribution in [0.2, 0.25) is 0 Å². The van der Waals surface area contributed by atoms with E-state index >= 15 is 0 Å². The van der Waals surface area contributed by atoms with E-state index in [4.69, 9.17) is 0 Å². The molecule has 2 rings (SSSR count). The van der Waals surface area contributed by atoms with E-state index in [-0.39, 0.29) is 23.1 Å². The summed E-state index contributed by atoms with van der Waals surface area (Å²) >= 11 is 0. The molecule has 0 aliphatic rings. The van der Waals surface area contributed by atoms with Crippen molar-refractivity contribution in [3.8, 4) is 0 Å². The maximum absolute atomic E-state index is 12.7. The van der Waals surface area contributed by atoms with Crippen LogP contribution in [0.25, 0.3) is 0 Å². The van der Waals surface area contributed by atoms with E-state index in [0.29, 0.717) is 17.1 Å². The molecule has 0 bridgehead atoms.